The van der Waals surface area contributed by atoms with Gasteiger partial charge in [-0.15, -0.1) is 16.4 Å². The van der Waals surface area contributed by atoms with E-state index in [1.54, 1.807) is 0 Å². The summed E-state index contributed by atoms with van der Waals surface area (Å²) in [4.78, 5) is 17.8. The number of hydrogen-bond acceptors (Lipinski definition) is 6. The first-order chi connectivity index (χ1) is 12.5. The lowest BCUT2D eigenvalue weighted by molar-refractivity contribution is 0.0940. The van der Waals surface area contributed by atoms with Crippen molar-refractivity contribution < 1.29 is 4.79 Å². The number of carbonyl (C=O) groups excluding carboxylic acids is 1. The predicted molar refractivity (Wildman–Crippen MR) is 99.3 cm³/mol. The molecule has 9 heteroatoms. The van der Waals surface area contributed by atoms with Crippen molar-refractivity contribution >= 4 is 28.8 Å². The normalized spacial score (nSPS) is 15.0. The fourth-order valence-electron chi connectivity index (χ4n) is 2.71. The number of nitrogens with zero attached hydrogens (tertiary/aromatic N) is 5. The van der Waals surface area contributed by atoms with Gasteiger partial charge in [-0.2, -0.15) is 0 Å². The van der Waals surface area contributed by atoms with Gasteiger partial charge in [0, 0.05) is 10.6 Å². The van der Waals surface area contributed by atoms with E-state index in [2.05, 4.69) is 25.8 Å². The first kappa shape index (κ1) is 17.1. The topological polar surface area (TPSA) is 85.6 Å². The van der Waals surface area contributed by atoms with Gasteiger partial charge in [0.15, 0.2) is 5.82 Å². The SMILES string of the molecule is Cc1nc(-c2ccc(Cl)cc2)sc1C(=O)N[C@H](C)c1nnnn1C1CC1. The molecule has 3 aromatic rings. The minimum Gasteiger partial charge on any atom is -0.341 e. The van der Waals surface area contributed by atoms with Gasteiger partial charge in [0.05, 0.1) is 17.8 Å². The Morgan fingerprint density at radius 3 is 2.77 bits per heavy atom. The van der Waals surface area contributed by atoms with E-state index in [1.165, 1.54) is 11.3 Å². The number of hydrogen-bond donors (Lipinski definition) is 1. The van der Waals surface area contributed by atoms with Crippen LogP contribution < -0.4 is 5.32 Å². The van der Waals surface area contributed by atoms with E-state index in [9.17, 15) is 4.79 Å². The van der Waals surface area contributed by atoms with Crippen molar-refractivity contribution in [2.24, 2.45) is 0 Å². The fraction of sp³-hybridized carbons (Fsp3) is 0.353. The smallest absolute Gasteiger partial charge is 0.263 e. The average molecular weight is 389 g/mol. The Balaban J connectivity index is 1.53. The minimum absolute atomic E-state index is 0.168. The summed E-state index contributed by atoms with van der Waals surface area (Å²) < 4.78 is 1.81. The molecule has 1 aromatic carbocycles. The van der Waals surface area contributed by atoms with Crippen molar-refractivity contribution in [2.75, 3.05) is 0 Å². The number of carbonyl (C=O) groups is 1. The van der Waals surface area contributed by atoms with E-state index >= 15 is 0 Å². The Morgan fingerprint density at radius 2 is 2.08 bits per heavy atom. The molecular weight excluding hydrogens is 372 g/mol. The molecule has 0 saturated heterocycles. The van der Waals surface area contributed by atoms with Crippen LogP contribution in [-0.4, -0.2) is 31.1 Å². The quantitative estimate of drug-likeness (QED) is 0.721. The zero-order valence-corrected chi connectivity index (χ0v) is 15.9. The molecule has 0 bridgehead atoms. The summed E-state index contributed by atoms with van der Waals surface area (Å²) in [5.74, 6) is 0.513. The van der Waals surface area contributed by atoms with Crippen LogP contribution in [0.1, 0.15) is 53.0 Å². The van der Waals surface area contributed by atoms with E-state index in [0.717, 1.165) is 23.4 Å². The summed E-state index contributed by atoms with van der Waals surface area (Å²) in [7, 11) is 0. The number of aryl methyl sites for hydroxylation is 1. The molecule has 1 fully saturated rings. The molecule has 1 atom stereocenters. The first-order valence-electron chi connectivity index (χ1n) is 8.35. The third-order valence-electron chi connectivity index (χ3n) is 4.24. The zero-order chi connectivity index (χ0) is 18.3. The maximum absolute atomic E-state index is 12.7. The van der Waals surface area contributed by atoms with Crippen LogP contribution in [0.2, 0.25) is 5.02 Å². The monoisotopic (exact) mass is 388 g/mol. The van der Waals surface area contributed by atoms with Crippen LogP contribution in [0.5, 0.6) is 0 Å². The lowest BCUT2D eigenvalue weighted by Gasteiger charge is -2.12. The maximum Gasteiger partial charge on any atom is 0.263 e. The van der Waals surface area contributed by atoms with Crippen molar-refractivity contribution in [1.29, 1.82) is 0 Å². The van der Waals surface area contributed by atoms with Crippen LogP contribution in [0, 0.1) is 6.92 Å². The number of halogens is 1. The number of benzene rings is 1. The van der Waals surface area contributed by atoms with Crippen LogP contribution in [0.3, 0.4) is 0 Å². The van der Waals surface area contributed by atoms with Crippen LogP contribution in [0.25, 0.3) is 10.6 Å². The summed E-state index contributed by atoms with van der Waals surface area (Å²) in [6.07, 6.45) is 2.16. The fourth-order valence-corrected chi connectivity index (χ4v) is 3.82. The maximum atomic E-state index is 12.7. The highest BCUT2D eigenvalue weighted by atomic mass is 35.5. The molecule has 1 aliphatic rings. The van der Waals surface area contributed by atoms with Gasteiger partial charge >= 0.3 is 0 Å². The molecule has 1 N–H and O–H groups in total. The van der Waals surface area contributed by atoms with Crippen LogP contribution >= 0.6 is 22.9 Å². The summed E-state index contributed by atoms with van der Waals surface area (Å²) in [6.45, 7) is 3.72. The van der Waals surface area contributed by atoms with Gasteiger partial charge in [-0.1, -0.05) is 23.7 Å². The Hall–Kier alpha value is -2.32. The average Bonchev–Trinajstić information content (AvgIpc) is 3.20. The van der Waals surface area contributed by atoms with Crippen molar-refractivity contribution in [2.45, 2.75) is 38.8 Å². The predicted octanol–water partition coefficient (Wildman–Crippen LogP) is 3.58. The second-order valence-electron chi connectivity index (χ2n) is 6.35. The van der Waals surface area contributed by atoms with Gasteiger partial charge < -0.3 is 5.32 Å². The Morgan fingerprint density at radius 1 is 1.35 bits per heavy atom. The molecule has 1 saturated carbocycles. The number of nitrogens with one attached hydrogen (secondary N) is 1. The lowest BCUT2D eigenvalue weighted by atomic mass is 10.2. The molecule has 1 amide bonds. The summed E-state index contributed by atoms with van der Waals surface area (Å²) in [5.41, 5.74) is 1.64. The molecule has 26 heavy (non-hydrogen) atoms. The van der Waals surface area contributed by atoms with Crippen LogP contribution in [0.4, 0.5) is 0 Å². The molecule has 7 nitrogen and oxygen atoms in total. The van der Waals surface area contributed by atoms with Crippen LogP contribution in [-0.2, 0) is 0 Å². The standard InChI is InChI=1S/C17H17ClN6OS/c1-9-14(26-17(20-9)11-3-5-12(18)6-4-11)16(25)19-10(2)15-21-22-23-24(15)13-7-8-13/h3-6,10,13H,7-8H2,1-2H3,(H,19,25)/t10-/m1/s1. The van der Waals surface area contributed by atoms with E-state index in [1.807, 2.05) is 42.8 Å². The summed E-state index contributed by atoms with van der Waals surface area (Å²) in [5, 5.41) is 16.3. The van der Waals surface area contributed by atoms with Crippen molar-refractivity contribution in [3.05, 3.63) is 45.7 Å². The Labute approximate surface area is 159 Å². The number of rotatable bonds is 5. The molecule has 0 aliphatic heterocycles. The molecule has 1 aliphatic carbocycles. The molecule has 0 spiro atoms. The van der Waals surface area contributed by atoms with E-state index < -0.39 is 0 Å². The molecule has 2 aromatic heterocycles. The van der Waals surface area contributed by atoms with E-state index in [0.29, 0.717) is 27.5 Å². The number of tetrazole rings is 1. The van der Waals surface area contributed by atoms with Gasteiger partial charge in [-0.3, -0.25) is 4.79 Å². The molecule has 4 rings (SSSR count). The van der Waals surface area contributed by atoms with Crippen molar-refractivity contribution in [3.8, 4) is 10.6 Å². The molecule has 0 unspecified atom stereocenters. The van der Waals surface area contributed by atoms with Gasteiger partial charge in [0.2, 0.25) is 0 Å². The molecular formula is C17H17ClN6OS. The largest absolute Gasteiger partial charge is 0.341 e. The van der Waals surface area contributed by atoms with Gasteiger partial charge in [-0.25, -0.2) is 9.67 Å². The summed E-state index contributed by atoms with van der Waals surface area (Å²) >= 11 is 7.30. The second kappa shape index (κ2) is 6.77. The Kier molecular flexibility index (Phi) is 4.46. The number of aromatic nitrogens is 5. The third kappa shape index (κ3) is 3.34. The van der Waals surface area contributed by atoms with Gasteiger partial charge in [0.25, 0.3) is 5.91 Å². The second-order valence-corrected chi connectivity index (χ2v) is 7.78. The molecule has 134 valence electrons. The first-order valence-corrected chi connectivity index (χ1v) is 9.54. The van der Waals surface area contributed by atoms with E-state index in [4.69, 9.17) is 11.6 Å². The van der Waals surface area contributed by atoms with Crippen LogP contribution in [0.15, 0.2) is 24.3 Å². The molecule has 0 radical (unpaired) electrons. The highest BCUT2D eigenvalue weighted by molar-refractivity contribution is 7.17. The zero-order valence-electron chi connectivity index (χ0n) is 14.3. The lowest BCUT2D eigenvalue weighted by Crippen LogP contribution is -2.28. The minimum atomic E-state index is -0.279. The molecule has 2 heterocycles. The highest BCUT2D eigenvalue weighted by Crippen LogP contribution is 2.35. The highest BCUT2D eigenvalue weighted by Gasteiger charge is 2.30. The van der Waals surface area contributed by atoms with Gasteiger partial charge in [0.1, 0.15) is 9.88 Å². The van der Waals surface area contributed by atoms with E-state index in [-0.39, 0.29) is 11.9 Å². The Bertz CT molecular complexity index is 947. The van der Waals surface area contributed by atoms with Crippen molar-refractivity contribution in [3.63, 3.8) is 0 Å². The van der Waals surface area contributed by atoms with Gasteiger partial charge in [-0.05, 0) is 49.2 Å². The third-order valence-corrected chi connectivity index (χ3v) is 5.70. The summed E-state index contributed by atoms with van der Waals surface area (Å²) in [6, 6.07) is 7.50. The number of thiazole rings is 1. The number of amides is 1. The van der Waals surface area contributed by atoms with Crippen molar-refractivity contribution in [1.82, 2.24) is 30.5 Å².